The van der Waals surface area contributed by atoms with Crippen molar-refractivity contribution in [3.05, 3.63) is 35.2 Å². The number of benzene rings is 1. The van der Waals surface area contributed by atoms with Crippen molar-refractivity contribution in [1.29, 1.82) is 0 Å². The van der Waals surface area contributed by atoms with Crippen LogP contribution in [0.4, 0.5) is 0 Å². The zero-order valence-electron chi connectivity index (χ0n) is 14.1. The lowest BCUT2D eigenvalue weighted by atomic mass is 10.1. The van der Waals surface area contributed by atoms with Crippen LogP contribution in [-0.2, 0) is 6.54 Å². The number of aliphatic hydroxyl groups is 1. The van der Waals surface area contributed by atoms with E-state index in [1.54, 1.807) is 29.9 Å². The molecule has 25 heavy (non-hydrogen) atoms. The molecule has 4 aromatic rings. The summed E-state index contributed by atoms with van der Waals surface area (Å²) in [5, 5.41) is 24.4. The fourth-order valence-electron chi connectivity index (χ4n) is 2.62. The van der Waals surface area contributed by atoms with Crippen LogP contribution in [0, 0.1) is 6.92 Å². The second-order valence-corrected chi connectivity index (χ2v) is 7.54. The van der Waals surface area contributed by atoms with E-state index < -0.39 is 5.60 Å². The molecule has 0 amide bonds. The molecule has 0 saturated heterocycles. The molecular weight excluding hydrogens is 338 g/mol. The van der Waals surface area contributed by atoms with Crippen molar-refractivity contribution >= 4 is 22.4 Å². The van der Waals surface area contributed by atoms with Gasteiger partial charge in [-0.15, -0.1) is 16.4 Å². The Kier molecular flexibility index (Phi) is 3.66. The van der Waals surface area contributed by atoms with E-state index in [0.717, 1.165) is 27.0 Å². The van der Waals surface area contributed by atoms with E-state index in [1.807, 2.05) is 36.6 Å². The number of thiophene rings is 1. The van der Waals surface area contributed by atoms with Crippen LogP contribution in [0.2, 0.25) is 0 Å². The number of fused-ring (bicyclic) bond motifs is 1. The minimum atomic E-state index is -0.861. The number of rotatable bonds is 4. The maximum absolute atomic E-state index is 9.98. The molecule has 0 fully saturated rings. The van der Waals surface area contributed by atoms with Gasteiger partial charge in [-0.2, -0.15) is 4.98 Å². The smallest absolute Gasteiger partial charge is 0.268 e. The second-order valence-electron chi connectivity index (χ2n) is 6.62. The monoisotopic (exact) mass is 355 g/mol. The topological polar surface area (TPSA) is 89.9 Å². The van der Waals surface area contributed by atoms with Crippen LogP contribution in [0.1, 0.15) is 19.4 Å². The molecular formula is C17H17N5O2S. The second kappa shape index (κ2) is 5.75. The molecule has 3 heterocycles. The average Bonchev–Trinajstić information content (AvgIpc) is 3.25. The van der Waals surface area contributed by atoms with Crippen molar-refractivity contribution in [3.63, 3.8) is 0 Å². The van der Waals surface area contributed by atoms with Gasteiger partial charge in [-0.3, -0.25) is 0 Å². The lowest BCUT2D eigenvalue weighted by Crippen LogP contribution is -2.26. The molecule has 1 aromatic carbocycles. The van der Waals surface area contributed by atoms with Crippen LogP contribution in [-0.4, -0.2) is 35.8 Å². The van der Waals surface area contributed by atoms with Crippen molar-refractivity contribution < 1.29 is 9.63 Å². The standard InChI is InChI=1S/C17H17N5O2S/c1-10-6-7-25-14(10)16-18-15(20-24-16)11-4-5-13-12(8-11)19-21-22(13)9-17(2,3)23/h4-8,23H,9H2,1-3H3. The first-order chi connectivity index (χ1) is 11.9. The normalized spacial score (nSPS) is 12.2. The first-order valence-corrected chi connectivity index (χ1v) is 8.73. The third kappa shape index (κ3) is 3.06. The van der Waals surface area contributed by atoms with Gasteiger partial charge in [0.1, 0.15) is 5.52 Å². The fourth-order valence-corrected chi connectivity index (χ4v) is 3.47. The Labute approximate surface area is 147 Å². The Morgan fingerprint density at radius 2 is 2.12 bits per heavy atom. The molecule has 0 radical (unpaired) electrons. The Morgan fingerprint density at radius 3 is 2.84 bits per heavy atom. The summed E-state index contributed by atoms with van der Waals surface area (Å²) in [6, 6.07) is 7.71. The third-order valence-electron chi connectivity index (χ3n) is 3.79. The molecule has 1 N–H and O–H groups in total. The Balaban J connectivity index is 1.69. The summed E-state index contributed by atoms with van der Waals surface area (Å²) in [5.74, 6) is 1.04. The van der Waals surface area contributed by atoms with Crippen molar-refractivity contribution in [2.45, 2.75) is 32.9 Å². The molecule has 0 aliphatic rings. The molecule has 0 aliphatic heterocycles. The van der Waals surface area contributed by atoms with E-state index in [4.69, 9.17) is 4.52 Å². The van der Waals surface area contributed by atoms with Crippen molar-refractivity contribution in [2.75, 3.05) is 0 Å². The molecule has 0 spiro atoms. The van der Waals surface area contributed by atoms with Crippen LogP contribution < -0.4 is 0 Å². The van der Waals surface area contributed by atoms with Gasteiger partial charge >= 0.3 is 0 Å². The molecule has 0 atom stereocenters. The summed E-state index contributed by atoms with van der Waals surface area (Å²) >= 11 is 1.58. The van der Waals surface area contributed by atoms with Gasteiger partial charge < -0.3 is 9.63 Å². The highest BCUT2D eigenvalue weighted by Crippen LogP contribution is 2.30. The summed E-state index contributed by atoms with van der Waals surface area (Å²) in [5.41, 5.74) is 2.64. The predicted molar refractivity (Wildman–Crippen MR) is 95.2 cm³/mol. The van der Waals surface area contributed by atoms with E-state index in [2.05, 4.69) is 20.5 Å². The number of hydrogen-bond donors (Lipinski definition) is 1. The minimum absolute atomic E-state index is 0.368. The largest absolute Gasteiger partial charge is 0.389 e. The van der Waals surface area contributed by atoms with Gasteiger partial charge in [0.05, 0.1) is 22.5 Å². The lowest BCUT2D eigenvalue weighted by Gasteiger charge is -2.16. The Morgan fingerprint density at radius 1 is 1.28 bits per heavy atom. The van der Waals surface area contributed by atoms with Crippen molar-refractivity contribution in [3.8, 4) is 22.2 Å². The molecule has 128 valence electrons. The van der Waals surface area contributed by atoms with Gasteiger partial charge in [-0.1, -0.05) is 10.4 Å². The van der Waals surface area contributed by atoms with Gasteiger partial charge in [0.25, 0.3) is 5.89 Å². The van der Waals surface area contributed by atoms with Gasteiger partial charge in [-0.05, 0) is 56.0 Å². The quantitative estimate of drug-likeness (QED) is 0.604. The number of aryl methyl sites for hydroxylation is 1. The zero-order valence-corrected chi connectivity index (χ0v) is 14.9. The van der Waals surface area contributed by atoms with Crippen LogP contribution in [0.5, 0.6) is 0 Å². The lowest BCUT2D eigenvalue weighted by molar-refractivity contribution is 0.0585. The van der Waals surface area contributed by atoms with Gasteiger partial charge in [0, 0.05) is 5.56 Å². The fraction of sp³-hybridized carbons (Fsp3) is 0.294. The van der Waals surface area contributed by atoms with E-state index in [0.29, 0.717) is 18.3 Å². The SMILES string of the molecule is Cc1ccsc1-c1nc(-c2ccc3c(c2)nnn3CC(C)(C)O)no1. The molecule has 4 rings (SSSR count). The average molecular weight is 355 g/mol. The number of aromatic nitrogens is 5. The molecule has 7 nitrogen and oxygen atoms in total. The molecule has 8 heteroatoms. The van der Waals surface area contributed by atoms with Crippen LogP contribution in [0.25, 0.3) is 33.2 Å². The first kappa shape index (κ1) is 15.9. The summed E-state index contributed by atoms with van der Waals surface area (Å²) < 4.78 is 7.09. The van der Waals surface area contributed by atoms with E-state index in [1.165, 1.54) is 0 Å². The van der Waals surface area contributed by atoms with Crippen molar-refractivity contribution in [1.82, 2.24) is 25.1 Å². The van der Waals surface area contributed by atoms with Crippen molar-refractivity contribution in [2.24, 2.45) is 0 Å². The Bertz CT molecular complexity index is 1040. The van der Waals surface area contributed by atoms with E-state index in [-0.39, 0.29) is 0 Å². The zero-order chi connectivity index (χ0) is 17.6. The highest BCUT2D eigenvalue weighted by atomic mass is 32.1. The van der Waals surface area contributed by atoms with E-state index >= 15 is 0 Å². The number of hydrogen-bond acceptors (Lipinski definition) is 7. The predicted octanol–water partition coefficient (Wildman–Crippen LogP) is 3.29. The maximum Gasteiger partial charge on any atom is 0.268 e. The van der Waals surface area contributed by atoms with Gasteiger partial charge in [0.2, 0.25) is 5.82 Å². The highest BCUT2D eigenvalue weighted by molar-refractivity contribution is 7.13. The van der Waals surface area contributed by atoms with E-state index in [9.17, 15) is 5.11 Å². The summed E-state index contributed by atoms with van der Waals surface area (Å²) in [4.78, 5) is 5.48. The summed E-state index contributed by atoms with van der Waals surface area (Å²) in [6.07, 6.45) is 0. The van der Waals surface area contributed by atoms with Gasteiger partial charge in [-0.25, -0.2) is 4.68 Å². The van der Waals surface area contributed by atoms with Gasteiger partial charge in [0.15, 0.2) is 0 Å². The molecule has 0 saturated carbocycles. The van der Waals surface area contributed by atoms with Crippen LogP contribution in [0.3, 0.4) is 0 Å². The minimum Gasteiger partial charge on any atom is -0.389 e. The third-order valence-corrected chi connectivity index (χ3v) is 4.80. The molecule has 0 aliphatic carbocycles. The number of nitrogens with zero attached hydrogens (tertiary/aromatic N) is 5. The maximum atomic E-state index is 9.98. The summed E-state index contributed by atoms with van der Waals surface area (Å²) in [6.45, 7) is 5.86. The molecule has 3 aromatic heterocycles. The van der Waals surface area contributed by atoms with Crippen LogP contribution >= 0.6 is 11.3 Å². The highest BCUT2D eigenvalue weighted by Gasteiger charge is 2.18. The molecule has 0 bridgehead atoms. The molecule has 0 unspecified atom stereocenters. The Hall–Kier alpha value is -2.58. The van der Waals surface area contributed by atoms with Crippen LogP contribution in [0.15, 0.2) is 34.2 Å². The first-order valence-electron chi connectivity index (χ1n) is 7.85. The summed E-state index contributed by atoms with van der Waals surface area (Å²) in [7, 11) is 0.